The fourth-order valence-electron chi connectivity index (χ4n) is 4.09. The first-order valence-corrected chi connectivity index (χ1v) is 11.1. The van der Waals surface area contributed by atoms with E-state index >= 15 is 0 Å². The quantitative estimate of drug-likeness (QED) is 0.521. The van der Waals surface area contributed by atoms with E-state index in [4.69, 9.17) is 23.2 Å². The van der Waals surface area contributed by atoms with Crippen LogP contribution in [0.25, 0.3) is 11.0 Å². The van der Waals surface area contributed by atoms with Crippen LogP contribution in [0.2, 0.25) is 10.0 Å². The van der Waals surface area contributed by atoms with E-state index in [9.17, 15) is 18.0 Å². The average Bonchev–Trinajstić information content (AvgIpc) is 3.05. The third-order valence-corrected chi connectivity index (χ3v) is 6.45. The summed E-state index contributed by atoms with van der Waals surface area (Å²) in [5.74, 6) is -0.203. The van der Waals surface area contributed by atoms with Crippen LogP contribution in [0, 0.1) is 13.8 Å². The Bertz CT molecular complexity index is 1200. The maximum absolute atomic E-state index is 13.5. The molecule has 3 aromatic rings. The van der Waals surface area contributed by atoms with Crippen LogP contribution in [0.3, 0.4) is 0 Å². The van der Waals surface area contributed by atoms with Crippen molar-refractivity contribution in [1.29, 1.82) is 0 Å². The molecule has 1 saturated heterocycles. The minimum absolute atomic E-state index is 0.0626. The fourth-order valence-corrected chi connectivity index (χ4v) is 4.41. The highest BCUT2D eigenvalue weighted by Crippen LogP contribution is 2.36. The minimum atomic E-state index is -4.53. The zero-order valence-corrected chi connectivity index (χ0v) is 19.6. The molecule has 1 aliphatic rings. The number of fused-ring (bicyclic) bond motifs is 1. The smallest absolute Gasteiger partial charge is 0.339 e. The van der Waals surface area contributed by atoms with Crippen molar-refractivity contribution in [3.05, 3.63) is 56.8 Å². The molecule has 1 amide bonds. The average molecular weight is 500 g/mol. The van der Waals surface area contributed by atoms with Crippen molar-refractivity contribution < 1.29 is 18.0 Å². The molecule has 3 heterocycles. The molecule has 4 rings (SSSR count). The van der Waals surface area contributed by atoms with Crippen LogP contribution in [0.4, 0.5) is 13.2 Å². The molecule has 176 valence electrons. The second-order valence-electron chi connectivity index (χ2n) is 8.16. The van der Waals surface area contributed by atoms with Gasteiger partial charge in [-0.2, -0.15) is 18.3 Å². The summed E-state index contributed by atoms with van der Waals surface area (Å²) >= 11 is 12.0. The van der Waals surface area contributed by atoms with Gasteiger partial charge in [0.15, 0.2) is 5.65 Å². The van der Waals surface area contributed by atoms with Gasteiger partial charge in [-0.25, -0.2) is 9.67 Å². The van der Waals surface area contributed by atoms with Gasteiger partial charge in [0.2, 0.25) is 5.91 Å². The minimum Gasteiger partial charge on any atom is -0.339 e. The number of alkyl halides is 3. The van der Waals surface area contributed by atoms with E-state index in [2.05, 4.69) is 15.0 Å². The fraction of sp³-hybridized carbons (Fsp3) is 0.409. The molecule has 1 aliphatic heterocycles. The SMILES string of the molecule is Cc1cc(C(F)(F)F)c2c(C)nn(CC(=O)N3CCN(Cc4ccc(Cl)c(Cl)c4)CC3)c2n1. The number of halogens is 5. The lowest BCUT2D eigenvalue weighted by molar-refractivity contribution is -0.136. The number of carbonyl (C=O) groups is 1. The summed E-state index contributed by atoms with van der Waals surface area (Å²) in [6.45, 7) is 5.88. The molecule has 0 radical (unpaired) electrons. The molecule has 1 aromatic carbocycles. The highest BCUT2D eigenvalue weighted by atomic mass is 35.5. The molecule has 0 N–H and O–H groups in total. The van der Waals surface area contributed by atoms with E-state index in [1.54, 1.807) is 11.0 Å². The van der Waals surface area contributed by atoms with Gasteiger partial charge in [-0.05, 0) is 37.6 Å². The first-order valence-electron chi connectivity index (χ1n) is 10.4. The number of piperazine rings is 1. The number of aryl methyl sites for hydroxylation is 2. The van der Waals surface area contributed by atoms with Gasteiger partial charge in [0, 0.05) is 38.4 Å². The van der Waals surface area contributed by atoms with E-state index in [-0.39, 0.29) is 34.9 Å². The third-order valence-electron chi connectivity index (χ3n) is 5.71. The maximum atomic E-state index is 13.5. The van der Waals surface area contributed by atoms with Crippen LogP contribution in [-0.2, 0) is 24.1 Å². The summed E-state index contributed by atoms with van der Waals surface area (Å²) in [7, 11) is 0. The lowest BCUT2D eigenvalue weighted by Gasteiger charge is -2.34. The van der Waals surface area contributed by atoms with Crippen molar-refractivity contribution in [2.45, 2.75) is 33.1 Å². The van der Waals surface area contributed by atoms with E-state index in [0.29, 0.717) is 42.8 Å². The standard InChI is InChI=1S/C22H22Cl2F3N5O/c1-13-9-16(22(25,26)27)20-14(2)29-32(21(20)28-13)12-19(33)31-7-5-30(6-8-31)11-15-3-4-17(23)18(24)10-15/h3-4,9-10H,5-8,11-12H2,1-2H3. The number of hydrogen-bond acceptors (Lipinski definition) is 4. The van der Waals surface area contributed by atoms with E-state index in [1.165, 1.54) is 18.5 Å². The van der Waals surface area contributed by atoms with Crippen molar-refractivity contribution in [2.24, 2.45) is 0 Å². The number of pyridine rings is 1. The highest BCUT2D eigenvalue weighted by molar-refractivity contribution is 6.42. The first kappa shape index (κ1) is 23.8. The van der Waals surface area contributed by atoms with Gasteiger partial charge in [-0.3, -0.25) is 9.69 Å². The number of hydrogen-bond donors (Lipinski definition) is 0. The number of nitrogens with zero attached hydrogens (tertiary/aromatic N) is 5. The van der Waals surface area contributed by atoms with Crippen LogP contribution in [0.1, 0.15) is 22.5 Å². The number of benzene rings is 1. The summed E-state index contributed by atoms with van der Waals surface area (Å²) in [5, 5.41) is 5.14. The highest BCUT2D eigenvalue weighted by Gasteiger charge is 2.35. The molecule has 2 aromatic heterocycles. The normalized spacial score (nSPS) is 15.4. The monoisotopic (exact) mass is 499 g/mol. The number of carbonyl (C=O) groups excluding carboxylic acids is 1. The number of amides is 1. The lowest BCUT2D eigenvalue weighted by Crippen LogP contribution is -2.49. The molecule has 33 heavy (non-hydrogen) atoms. The zero-order chi connectivity index (χ0) is 23.9. The van der Waals surface area contributed by atoms with Gasteiger partial charge in [-0.15, -0.1) is 0 Å². The van der Waals surface area contributed by atoms with Gasteiger partial charge in [0.25, 0.3) is 0 Å². The van der Waals surface area contributed by atoms with Crippen LogP contribution in [0.15, 0.2) is 24.3 Å². The molecule has 0 unspecified atom stereocenters. The van der Waals surface area contributed by atoms with Crippen LogP contribution < -0.4 is 0 Å². The molecular weight excluding hydrogens is 478 g/mol. The molecule has 6 nitrogen and oxygen atoms in total. The van der Waals surface area contributed by atoms with Crippen LogP contribution in [0.5, 0.6) is 0 Å². The second-order valence-corrected chi connectivity index (χ2v) is 8.97. The van der Waals surface area contributed by atoms with Crippen molar-refractivity contribution in [3.63, 3.8) is 0 Å². The molecule has 0 spiro atoms. The van der Waals surface area contributed by atoms with E-state index in [0.717, 1.165) is 11.6 Å². The van der Waals surface area contributed by atoms with Crippen molar-refractivity contribution >= 4 is 40.1 Å². The summed E-state index contributed by atoms with van der Waals surface area (Å²) in [6, 6.07) is 6.52. The van der Waals surface area contributed by atoms with Crippen LogP contribution in [-0.4, -0.2) is 56.7 Å². The molecule has 0 saturated carbocycles. The molecule has 0 bridgehead atoms. The Hall–Kier alpha value is -2.36. The number of aromatic nitrogens is 3. The number of rotatable bonds is 4. The van der Waals surface area contributed by atoms with Gasteiger partial charge in [-0.1, -0.05) is 29.3 Å². The third kappa shape index (κ3) is 5.10. The lowest BCUT2D eigenvalue weighted by atomic mass is 10.1. The second kappa shape index (κ2) is 9.12. The zero-order valence-electron chi connectivity index (χ0n) is 18.1. The van der Waals surface area contributed by atoms with Crippen molar-refractivity contribution in [1.82, 2.24) is 24.6 Å². The van der Waals surface area contributed by atoms with E-state index in [1.807, 2.05) is 12.1 Å². The Morgan fingerprint density at radius 3 is 2.39 bits per heavy atom. The summed E-state index contributed by atoms with van der Waals surface area (Å²) in [5.41, 5.74) is 0.747. The Morgan fingerprint density at radius 2 is 1.76 bits per heavy atom. The summed E-state index contributed by atoms with van der Waals surface area (Å²) in [6.07, 6.45) is -4.53. The van der Waals surface area contributed by atoms with Gasteiger partial charge in [0.05, 0.1) is 26.7 Å². The predicted molar refractivity (Wildman–Crippen MR) is 120 cm³/mol. The molecular formula is C22H22Cl2F3N5O. The molecule has 0 atom stereocenters. The maximum Gasteiger partial charge on any atom is 0.417 e. The Labute approximate surface area is 198 Å². The topological polar surface area (TPSA) is 54.3 Å². The van der Waals surface area contributed by atoms with Gasteiger partial charge < -0.3 is 4.90 Å². The summed E-state index contributed by atoms with van der Waals surface area (Å²) in [4.78, 5) is 21.0. The van der Waals surface area contributed by atoms with Crippen molar-refractivity contribution in [3.8, 4) is 0 Å². The van der Waals surface area contributed by atoms with Gasteiger partial charge in [0.1, 0.15) is 6.54 Å². The summed E-state index contributed by atoms with van der Waals surface area (Å²) < 4.78 is 41.8. The Kier molecular flexibility index (Phi) is 6.57. The van der Waals surface area contributed by atoms with Crippen molar-refractivity contribution in [2.75, 3.05) is 26.2 Å². The largest absolute Gasteiger partial charge is 0.417 e. The van der Waals surface area contributed by atoms with Crippen LogP contribution >= 0.6 is 23.2 Å². The first-order chi connectivity index (χ1) is 15.5. The Balaban J connectivity index is 1.44. The molecule has 1 fully saturated rings. The Morgan fingerprint density at radius 1 is 1.06 bits per heavy atom. The molecule has 11 heteroatoms. The predicted octanol–water partition coefficient (Wildman–Crippen LogP) is 4.72. The van der Waals surface area contributed by atoms with E-state index < -0.39 is 11.7 Å². The van der Waals surface area contributed by atoms with Gasteiger partial charge >= 0.3 is 6.18 Å². The molecule has 0 aliphatic carbocycles.